The molecule has 4 nitrogen and oxygen atoms in total. The molecule has 1 aliphatic carbocycles. The molecule has 1 aromatic rings. The number of fused-ring (bicyclic) bond motifs is 1. The van der Waals surface area contributed by atoms with Gasteiger partial charge in [0, 0.05) is 18.0 Å². The molecule has 0 bridgehead atoms. The van der Waals surface area contributed by atoms with Gasteiger partial charge in [0.1, 0.15) is 5.54 Å². The summed E-state index contributed by atoms with van der Waals surface area (Å²) >= 11 is 1.60. The van der Waals surface area contributed by atoms with E-state index in [0.717, 1.165) is 17.7 Å². The molecule has 1 aliphatic heterocycles. The van der Waals surface area contributed by atoms with E-state index in [9.17, 15) is 9.59 Å². The first kappa shape index (κ1) is 12.7. The molecule has 1 aromatic heterocycles. The van der Waals surface area contributed by atoms with Crippen LogP contribution in [0.5, 0.6) is 0 Å². The van der Waals surface area contributed by atoms with Crippen molar-refractivity contribution in [3.63, 3.8) is 0 Å². The summed E-state index contributed by atoms with van der Waals surface area (Å²) in [5.74, 6) is -0.0737. The van der Waals surface area contributed by atoms with E-state index < -0.39 is 5.54 Å². The first-order valence-corrected chi connectivity index (χ1v) is 7.53. The lowest BCUT2D eigenvalue weighted by atomic mass is 9.98. The highest BCUT2D eigenvalue weighted by Crippen LogP contribution is 2.32. The van der Waals surface area contributed by atoms with Crippen LogP contribution in [0.15, 0.2) is 6.07 Å². The van der Waals surface area contributed by atoms with Gasteiger partial charge in [0.2, 0.25) is 5.91 Å². The molecule has 2 aliphatic rings. The highest BCUT2D eigenvalue weighted by molar-refractivity contribution is 7.14. The van der Waals surface area contributed by atoms with E-state index in [1.165, 1.54) is 16.9 Å². The first-order chi connectivity index (χ1) is 9.00. The van der Waals surface area contributed by atoms with Crippen molar-refractivity contribution in [2.75, 3.05) is 13.1 Å². The third-order valence-corrected chi connectivity index (χ3v) is 5.28. The van der Waals surface area contributed by atoms with Crippen LogP contribution in [0.4, 0.5) is 0 Å². The van der Waals surface area contributed by atoms with Crippen LogP contribution < -0.4 is 5.32 Å². The summed E-state index contributed by atoms with van der Waals surface area (Å²) in [5.41, 5.74) is 0.566. The number of nitrogens with zero attached hydrogens (tertiary/aromatic N) is 1. The van der Waals surface area contributed by atoms with Crippen LogP contribution in [-0.2, 0) is 17.6 Å². The Kier molecular flexibility index (Phi) is 2.89. The van der Waals surface area contributed by atoms with Crippen LogP contribution in [0.25, 0.3) is 0 Å². The first-order valence-electron chi connectivity index (χ1n) is 6.72. The number of hydrogen-bond acceptors (Lipinski definition) is 3. The molecule has 0 aromatic carbocycles. The Morgan fingerprint density at radius 3 is 2.95 bits per heavy atom. The van der Waals surface area contributed by atoms with Gasteiger partial charge in [-0.25, -0.2) is 0 Å². The molecule has 0 radical (unpaired) electrons. The minimum atomic E-state index is -0.760. The Morgan fingerprint density at radius 2 is 2.21 bits per heavy atom. The number of carbonyl (C=O) groups is 2. The summed E-state index contributed by atoms with van der Waals surface area (Å²) in [4.78, 5) is 28.4. The van der Waals surface area contributed by atoms with Crippen molar-refractivity contribution in [3.8, 4) is 0 Å². The van der Waals surface area contributed by atoms with Gasteiger partial charge in [-0.1, -0.05) is 0 Å². The molecular weight excluding hydrogens is 260 g/mol. The second-order valence-electron chi connectivity index (χ2n) is 5.68. The maximum absolute atomic E-state index is 12.6. The number of thiophene rings is 1. The lowest BCUT2D eigenvalue weighted by Crippen LogP contribution is -2.63. The van der Waals surface area contributed by atoms with Crippen LogP contribution in [-0.4, -0.2) is 35.3 Å². The Bertz CT molecular complexity index is 526. The monoisotopic (exact) mass is 278 g/mol. The van der Waals surface area contributed by atoms with E-state index >= 15 is 0 Å². The molecule has 1 saturated heterocycles. The van der Waals surface area contributed by atoms with Crippen molar-refractivity contribution in [2.24, 2.45) is 0 Å². The molecule has 2 amide bonds. The Balaban J connectivity index is 1.88. The molecule has 0 atom stereocenters. The quantitative estimate of drug-likeness (QED) is 0.848. The van der Waals surface area contributed by atoms with Gasteiger partial charge >= 0.3 is 0 Å². The highest BCUT2D eigenvalue weighted by atomic mass is 32.1. The zero-order valence-electron chi connectivity index (χ0n) is 11.3. The summed E-state index contributed by atoms with van der Waals surface area (Å²) in [5, 5.41) is 2.82. The molecule has 0 spiro atoms. The van der Waals surface area contributed by atoms with Gasteiger partial charge in [-0.15, -0.1) is 11.3 Å². The van der Waals surface area contributed by atoms with Crippen LogP contribution in [0.1, 0.15) is 40.4 Å². The average Bonchev–Trinajstić information content (AvgIpc) is 2.92. The van der Waals surface area contributed by atoms with Crippen LogP contribution in [0.3, 0.4) is 0 Å². The van der Waals surface area contributed by atoms with Gasteiger partial charge in [0.15, 0.2) is 0 Å². The van der Waals surface area contributed by atoms with Gasteiger partial charge in [-0.2, -0.15) is 0 Å². The summed E-state index contributed by atoms with van der Waals surface area (Å²) < 4.78 is 0. The molecule has 19 heavy (non-hydrogen) atoms. The van der Waals surface area contributed by atoms with Gasteiger partial charge in [0.25, 0.3) is 5.91 Å². The fourth-order valence-corrected chi connectivity index (χ4v) is 4.03. The van der Waals surface area contributed by atoms with Gasteiger partial charge in [-0.05, 0) is 44.7 Å². The van der Waals surface area contributed by atoms with E-state index in [0.29, 0.717) is 13.1 Å². The number of carbonyl (C=O) groups excluding carboxylic acids is 2. The minimum absolute atomic E-state index is 0.000694. The topological polar surface area (TPSA) is 49.4 Å². The molecule has 2 heterocycles. The molecule has 0 unspecified atom stereocenters. The van der Waals surface area contributed by atoms with Crippen molar-refractivity contribution in [1.29, 1.82) is 0 Å². The van der Waals surface area contributed by atoms with Gasteiger partial charge in [0.05, 0.1) is 4.88 Å². The van der Waals surface area contributed by atoms with E-state index in [1.807, 2.05) is 6.07 Å². The van der Waals surface area contributed by atoms with E-state index in [-0.39, 0.29) is 11.8 Å². The molecule has 102 valence electrons. The number of aryl methyl sites for hydroxylation is 2. The normalized spacial score (nSPS) is 21.2. The summed E-state index contributed by atoms with van der Waals surface area (Å²) in [6.07, 6.45) is 3.38. The van der Waals surface area contributed by atoms with Crippen molar-refractivity contribution < 1.29 is 9.59 Å². The fraction of sp³-hybridized carbons (Fsp3) is 0.571. The molecule has 1 N–H and O–H groups in total. The second kappa shape index (κ2) is 4.34. The standard InChI is InChI=1S/C14H18N2O2S/c1-14(2)13(18)15-6-7-16(14)12(17)11-8-9-4-3-5-10(9)19-11/h8H,3-7H2,1-2H3,(H,15,18). The van der Waals surface area contributed by atoms with Crippen molar-refractivity contribution in [1.82, 2.24) is 10.2 Å². The molecule has 1 fully saturated rings. The predicted octanol–water partition coefficient (Wildman–Crippen LogP) is 1.59. The lowest BCUT2D eigenvalue weighted by Gasteiger charge is -2.40. The molecule has 5 heteroatoms. The zero-order chi connectivity index (χ0) is 13.6. The highest BCUT2D eigenvalue weighted by Gasteiger charge is 2.41. The van der Waals surface area contributed by atoms with Gasteiger partial charge in [-0.3, -0.25) is 9.59 Å². The van der Waals surface area contributed by atoms with Gasteiger partial charge < -0.3 is 10.2 Å². The van der Waals surface area contributed by atoms with E-state index in [4.69, 9.17) is 0 Å². The summed E-state index contributed by atoms with van der Waals surface area (Å²) in [7, 11) is 0. The third-order valence-electron chi connectivity index (χ3n) is 4.05. The predicted molar refractivity (Wildman–Crippen MR) is 74.5 cm³/mol. The lowest BCUT2D eigenvalue weighted by molar-refractivity contribution is -0.133. The van der Waals surface area contributed by atoms with Crippen molar-refractivity contribution >= 4 is 23.2 Å². The smallest absolute Gasteiger partial charge is 0.264 e. The van der Waals surface area contributed by atoms with Crippen molar-refractivity contribution in [2.45, 2.75) is 38.6 Å². The van der Waals surface area contributed by atoms with Crippen LogP contribution in [0.2, 0.25) is 0 Å². The summed E-state index contributed by atoms with van der Waals surface area (Å²) in [6.45, 7) is 4.74. The van der Waals surface area contributed by atoms with Crippen LogP contribution >= 0.6 is 11.3 Å². The fourth-order valence-electron chi connectivity index (χ4n) is 2.82. The minimum Gasteiger partial charge on any atom is -0.352 e. The number of rotatable bonds is 1. The number of hydrogen-bond donors (Lipinski definition) is 1. The Labute approximate surface area is 116 Å². The average molecular weight is 278 g/mol. The second-order valence-corrected chi connectivity index (χ2v) is 6.82. The Hall–Kier alpha value is -1.36. The molecule has 3 rings (SSSR count). The largest absolute Gasteiger partial charge is 0.352 e. The van der Waals surface area contributed by atoms with E-state index in [2.05, 4.69) is 5.32 Å². The summed E-state index contributed by atoms with van der Waals surface area (Å²) in [6, 6.07) is 2.03. The number of piperazine rings is 1. The Morgan fingerprint density at radius 1 is 1.42 bits per heavy atom. The third kappa shape index (κ3) is 1.96. The zero-order valence-corrected chi connectivity index (χ0v) is 12.1. The van der Waals surface area contributed by atoms with Crippen LogP contribution in [0, 0.1) is 0 Å². The van der Waals surface area contributed by atoms with E-state index in [1.54, 1.807) is 30.1 Å². The number of amides is 2. The molecule has 0 saturated carbocycles. The maximum atomic E-state index is 12.6. The maximum Gasteiger partial charge on any atom is 0.264 e. The molecular formula is C14H18N2O2S. The SMILES string of the molecule is CC1(C)C(=O)NCCN1C(=O)c1cc2c(s1)CCC2. The number of nitrogens with one attached hydrogen (secondary N) is 1. The van der Waals surface area contributed by atoms with Crippen molar-refractivity contribution in [3.05, 3.63) is 21.4 Å².